The number of fused-ring (bicyclic) bond motifs is 2. The number of allylic oxidation sites excluding steroid dienone is 2. The summed E-state index contributed by atoms with van der Waals surface area (Å²) in [5.74, 6) is -10.3. The molecular formula is C33H44O13. The zero-order chi connectivity index (χ0) is 34.7. The first-order chi connectivity index (χ1) is 21.3. The summed E-state index contributed by atoms with van der Waals surface area (Å²) in [6.45, 7) is 8.96. The van der Waals surface area contributed by atoms with Crippen LogP contribution in [0, 0.1) is 11.8 Å². The van der Waals surface area contributed by atoms with Crippen molar-refractivity contribution in [2.75, 3.05) is 0 Å². The average molecular weight is 649 g/mol. The Morgan fingerprint density at radius 2 is 1.72 bits per heavy atom. The number of esters is 1. The summed E-state index contributed by atoms with van der Waals surface area (Å²) in [6, 6.07) is 9.68. The molecule has 3 rings (SSSR count). The molecule has 2 saturated heterocycles. The molecule has 6 N–H and O–H groups in total. The number of rotatable bonds is 15. The number of aliphatic hydroxyl groups is 3. The number of aliphatic carboxylic acids is 3. The number of carbonyl (C=O) groups excluding carboxylic acids is 1. The minimum Gasteiger partial charge on any atom is -0.479 e. The van der Waals surface area contributed by atoms with Gasteiger partial charge in [0.2, 0.25) is 23.1 Å². The summed E-state index contributed by atoms with van der Waals surface area (Å²) in [4.78, 5) is 50.5. The van der Waals surface area contributed by atoms with E-state index in [2.05, 4.69) is 0 Å². The third-order valence-electron chi connectivity index (χ3n) is 8.72. The van der Waals surface area contributed by atoms with Gasteiger partial charge in [-0.2, -0.15) is 0 Å². The molecule has 13 heteroatoms. The molecule has 9 unspecified atom stereocenters. The van der Waals surface area contributed by atoms with Gasteiger partial charge in [-0.25, -0.2) is 19.2 Å². The fourth-order valence-electron chi connectivity index (χ4n) is 6.26. The zero-order valence-corrected chi connectivity index (χ0v) is 26.6. The lowest BCUT2D eigenvalue weighted by Gasteiger charge is -2.48. The number of hydrogen-bond donors (Lipinski definition) is 6. The second-order valence-corrected chi connectivity index (χ2v) is 12.8. The second-order valence-electron chi connectivity index (χ2n) is 12.8. The molecule has 2 aliphatic heterocycles. The molecule has 0 amide bonds. The van der Waals surface area contributed by atoms with Gasteiger partial charge in [0, 0.05) is 12.5 Å². The minimum atomic E-state index is -3.86. The van der Waals surface area contributed by atoms with Gasteiger partial charge in [-0.05, 0) is 56.6 Å². The number of aliphatic hydroxyl groups excluding tert-OH is 1. The van der Waals surface area contributed by atoms with Crippen molar-refractivity contribution in [3.8, 4) is 0 Å². The van der Waals surface area contributed by atoms with Crippen LogP contribution in [0.15, 0.2) is 54.1 Å². The molecule has 13 nitrogen and oxygen atoms in total. The molecule has 0 aromatic heterocycles. The molecule has 9 atom stereocenters. The monoisotopic (exact) mass is 648 g/mol. The SMILES string of the molecule is CCC(C)CC(C)(O)C=CC(=O)OC1C(O)C2(CCC(C)=CC(C)Cc3ccccc3)OC(C(=O)O)C(O)(C(=O)O)C1(C(=O)O)O2. The molecule has 2 fully saturated rings. The Hall–Kier alpha value is -3.62. The number of ether oxygens (including phenoxy) is 3. The first-order valence-corrected chi connectivity index (χ1v) is 15.2. The van der Waals surface area contributed by atoms with E-state index in [0.29, 0.717) is 6.42 Å². The summed E-state index contributed by atoms with van der Waals surface area (Å²) < 4.78 is 16.4. The standard InChI is InChI=1S/C33H44O13/c1-6-19(2)18-30(5,42)14-13-23(34)44-25-24(35)31(15-12-20(3)16-21(4)17-22-10-8-7-9-11-22)45-26(27(36)37)32(43,28(38)39)33(25,46-31)29(40)41/h7-11,13-14,16,19,21,24-26,35,42-43H,6,12,15,17-18H2,1-5H3,(H,36,37)(H,38,39)(H,40,41). The van der Waals surface area contributed by atoms with E-state index < -0.39 is 71.2 Å². The maximum Gasteiger partial charge on any atom is 0.344 e. The molecule has 254 valence electrons. The molecule has 0 aliphatic carbocycles. The van der Waals surface area contributed by atoms with Crippen molar-refractivity contribution in [2.24, 2.45) is 11.8 Å². The van der Waals surface area contributed by atoms with Gasteiger partial charge in [-0.3, -0.25) is 0 Å². The Balaban J connectivity index is 1.99. The summed E-state index contributed by atoms with van der Waals surface area (Å²) >= 11 is 0. The van der Waals surface area contributed by atoms with Crippen LogP contribution in [0.1, 0.15) is 65.9 Å². The lowest BCUT2D eigenvalue weighted by Crippen LogP contribution is -2.78. The molecule has 1 aromatic carbocycles. The fourth-order valence-corrected chi connectivity index (χ4v) is 6.26. The maximum absolute atomic E-state index is 13.0. The van der Waals surface area contributed by atoms with Crippen LogP contribution >= 0.6 is 0 Å². The highest BCUT2D eigenvalue weighted by molar-refractivity contribution is 5.98. The van der Waals surface area contributed by atoms with Crippen molar-refractivity contribution in [3.63, 3.8) is 0 Å². The fraction of sp³-hybridized carbons (Fsp3) is 0.576. The van der Waals surface area contributed by atoms with Crippen LogP contribution in [-0.2, 0) is 39.8 Å². The van der Waals surface area contributed by atoms with Crippen molar-refractivity contribution in [1.82, 2.24) is 0 Å². The Kier molecular flexibility index (Phi) is 11.2. The topological polar surface area (TPSA) is 217 Å². The number of benzene rings is 1. The van der Waals surface area contributed by atoms with E-state index in [1.165, 1.54) is 6.92 Å². The van der Waals surface area contributed by atoms with Gasteiger partial charge in [0.05, 0.1) is 5.60 Å². The molecule has 0 radical (unpaired) electrons. The van der Waals surface area contributed by atoms with Crippen molar-refractivity contribution >= 4 is 23.9 Å². The number of carbonyl (C=O) groups is 4. The van der Waals surface area contributed by atoms with E-state index in [1.807, 2.05) is 57.2 Å². The van der Waals surface area contributed by atoms with Crippen LogP contribution in [0.5, 0.6) is 0 Å². The molecule has 46 heavy (non-hydrogen) atoms. The van der Waals surface area contributed by atoms with Gasteiger partial charge in [0.1, 0.15) is 6.10 Å². The van der Waals surface area contributed by atoms with Crippen LogP contribution in [0.4, 0.5) is 0 Å². The summed E-state index contributed by atoms with van der Waals surface area (Å²) in [7, 11) is 0. The highest BCUT2D eigenvalue weighted by Crippen LogP contribution is 2.55. The van der Waals surface area contributed by atoms with Gasteiger partial charge in [0.15, 0.2) is 6.10 Å². The number of carboxylic acid groups (broad SMARTS) is 3. The first-order valence-electron chi connectivity index (χ1n) is 15.2. The number of carboxylic acids is 3. The van der Waals surface area contributed by atoms with Crippen molar-refractivity contribution < 1.29 is 64.0 Å². The van der Waals surface area contributed by atoms with Gasteiger partial charge >= 0.3 is 23.9 Å². The smallest absolute Gasteiger partial charge is 0.344 e. The largest absolute Gasteiger partial charge is 0.479 e. The quantitative estimate of drug-likeness (QED) is 0.0916. The van der Waals surface area contributed by atoms with Crippen LogP contribution in [0.25, 0.3) is 0 Å². The molecule has 0 spiro atoms. The van der Waals surface area contributed by atoms with Crippen LogP contribution in [0.3, 0.4) is 0 Å². The maximum atomic E-state index is 13.0. The van der Waals surface area contributed by atoms with Crippen LogP contribution < -0.4 is 0 Å². The van der Waals surface area contributed by atoms with E-state index in [4.69, 9.17) is 14.2 Å². The van der Waals surface area contributed by atoms with Crippen molar-refractivity contribution in [1.29, 1.82) is 0 Å². The predicted molar refractivity (Wildman–Crippen MR) is 161 cm³/mol. The lowest BCUT2D eigenvalue weighted by atomic mass is 9.74. The molecule has 0 saturated carbocycles. The van der Waals surface area contributed by atoms with Gasteiger partial charge in [-0.15, -0.1) is 0 Å². The number of hydrogen-bond acceptors (Lipinski definition) is 10. The van der Waals surface area contributed by atoms with Gasteiger partial charge < -0.3 is 44.8 Å². The van der Waals surface area contributed by atoms with E-state index in [1.54, 1.807) is 6.92 Å². The Bertz CT molecular complexity index is 1350. The predicted octanol–water partition coefficient (Wildman–Crippen LogP) is 2.46. The van der Waals surface area contributed by atoms with Crippen molar-refractivity contribution in [3.05, 3.63) is 59.7 Å². The first kappa shape index (κ1) is 36.8. The molecule has 1 aromatic rings. The minimum absolute atomic E-state index is 0.0431. The molecule has 2 aliphatic rings. The summed E-state index contributed by atoms with van der Waals surface area (Å²) in [6.07, 6.45) is -2.30. The van der Waals surface area contributed by atoms with E-state index in [9.17, 15) is 49.8 Å². The van der Waals surface area contributed by atoms with E-state index in [-0.39, 0.29) is 24.7 Å². The van der Waals surface area contributed by atoms with Gasteiger partial charge in [0.25, 0.3) is 0 Å². The third kappa shape index (κ3) is 7.18. The van der Waals surface area contributed by atoms with E-state index >= 15 is 0 Å². The zero-order valence-electron chi connectivity index (χ0n) is 26.6. The summed E-state index contributed by atoms with van der Waals surface area (Å²) in [5.41, 5.74) is -7.04. The third-order valence-corrected chi connectivity index (χ3v) is 8.72. The van der Waals surface area contributed by atoms with Gasteiger partial charge in [-0.1, -0.05) is 69.2 Å². The average Bonchev–Trinajstić information content (AvgIpc) is 3.19. The second kappa shape index (κ2) is 14.0. The molecular weight excluding hydrogens is 604 g/mol. The van der Waals surface area contributed by atoms with E-state index in [0.717, 1.165) is 29.7 Å². The summed E-state index contributed by atoms with van der Waals surface area (Å²) in [5, 5.41) is 63.8. The van der Waals surface area contributed by atoms with Crippen LogP contribution in [0.2, 0.25) is 0 Å². The lowest BCUT2D eigenvalue weighted by molar-refractivity contribution is -0.374. The highest BCUT2D eigenvalue weighted by atomic mass is 16.8. The molecule has 2 bridgehead atoms. The Labute approximate surface area is 267 Å². The van der Waals surface area contributed by atoms with Crippen LogP contribution in [-0.4, -0.2) is 95.4 Å². The Morgan fingerprint density at radius 1 is 1.09 bits per heavy atom. The van der Waals surface area contributed by atoms with Crippen molar-refractivity contribution in [2.45, 2.75) is 108 Å². The Morgan fingerprint density at radius 3 is 2.26 bits per heavy atom. The highest BCUT2D eigenvalue weighted by Gasteiger charge is 2.85. The normalized spacial score (nSPS) is 32.0. The molecule has 2 heterocycles.